The van der Waals surface area contributed by atoms with Crippen LogP contribution in [-0.4, -0.2) is 20.9 Å². The quantitative estimate of drug-likeness (QED) is 0.842. The smallest absolute Gasteiger partial charge is 0.264 e. The van der Waals surface area contributed by atoms with Crippen LogP contribution in [0.3, 0.4) is 0 Å². The molecule has 1 aromatic rings. The third kappa shape index (κ3) is 3.66. The molecule has 0 atom stereocenters. The van der Waals surface area contributed by atoms with Crippen LogP contribution in [0.15, 0.2) is 21.5 Å². The van der Waals surface area contributed by atoms with Crippen molar-refractivity contribution in [3.05, 3.63) is 28.0 Å². The number of benzene rings is 1. The van der Waals surface area contributed by atoms with Crippen LogP contribution in [-0.2, 0) is 9.05 Å². The molecule has 0 unspecified atom stereocenters. The monoisotopic (exact) mass is 357 g/mol. The molecule has 0 fully saturated rings. The third-order valence-electron chi connectivity index (χ3n) is 2.06. The summed E-state index contributed by atoms with van der Waals surface area (Å²) in [6.07, 6.45) is 0.727. The van der Waals surface area contributed by atoms with Crippen LogP contribution in [0.25, 0.3) is 0 Å². The third-order valence-corrected chi connectivity index (χ3v) is 4.06. The molecule has 0 aliphatic heterocycles. The van der Waals surface area contributed by atoms with Gasteiger partial charge in [0.15, 0.2) is 0 Å². The Bertz CT molecular complexity index is 577. The largest absolute Gasteiger partial charge is 0.352 e. The van der Waals surface area contributed by atoms with Crippen LogP contribution in [0, 0.1) is 5.82 Å². The van der Waals surface area contributed by atoms with Gasteiger partial charge in [-0.25, -0.2) is 12.8 Å². The van der Waals surface area contributed by atoms with Gasteiger partial charge in [0.05, 0.1) is 5.56 Å². The molecule has 0 radical (unpaired) electrons. The lowest BCUT2D eigenvalue weighted by atomic mass is 10.2. The van der Waals surface area contributed by atoms with Gasteiger partial charge < -0.3 is 5.32 Å². The standard InChI is InChI=1S/C10H10BrClFNO3S/c1-2-3-14-10(15)6-4-9(18(12,16)17)8(13)5-7(6)11/h4-5H,2-3H2,1H3,(H,14,15). The minimum atomic E-state index is -4.23. The van der Waals surface area contributed by atoms with E-state index in [1.54, 1.807) is 0 Å². The highest BCUT2D eigenvalue weighted by Gasteiger charge is 2.21. The molecule has 0 bridgehead atoms. The second kappa shape index (κ2) is 5.99. The maximum absolute atomic E-state index is 13.4. The highest BCUT2D eigenvalue weighted by atomic mass is 79.9. The average molecular weight is 359 g/mol. The summed E-state index contributed by atoms with van der Waals surface area (Å²) in [6.45, 7) is 2.31. The van der Waals surface area contributed by atoms with E-state index in [9.17, 15) is 17.6 Å². The predicted molar refractivity (Wildman–Crippen MR) is 69.8 cm³/mol. The number of carbonyl (C=O) groups is 1. The number of rotatable bonds is 4. The summed E-state index contributed by atoms with van der Waals surface area (Å²) < 4.78 is 35.8. The van der Waals surface area contributed by atoms with E-state index in [2.05, 4.69) is 21.2 Å². The summed E-state index contributed by atoms with van der Waals surface area (Å²) in [7, 11) is 0.852. The van der Waals surface area contributed by atoms with Gasteiger partial charge in [0.1, 0.15) is 10.7 Å². The summed E-state index contributed by atoms with van der Waals surface area (Å²) >= 11 is 3.00. The Balaban J connectivity index is 3.26. The molecular formula is C10H10BrClFNO3S. The summed E-state index contributed by atoms with van der Waals surface area (Å²) in [4.78, 5) is 11.0. The van der Waals surface area contributed by atoms with Gasteiger partial charge >= 0.3 is 0 Å². The van der Waals surface area contributed by atoms with Gasteiger partial charge in [0.25, 0.3) is 15.0 Å². The number of hydrogen-bond donors (Lipinski definition) is 1. The predicted octanol–water partition coefficient (Wildman–Crippen LogP) is 2.66. The zero-order valence-electron chi connectivity index (χ0n) is 9.34. The first-order chi connectivity index (χ1) is 8.27. The number of amides is 1. The van der Waals surface area contributed by atoms with Crippen LogP contribution < -0.4 is 5.32 Å². The molecule has 4 nitrogen and oxygen atoms in total. The van der Waals surface area contributed by atoms with E-state index in [0.717, 1.165) is 18.6 Å². The van der Waals surface area contributed by atoms with E-state index in [0.29, 0.717) is 6.54 Å². The Morgan fingerprint density at radius 1 is 1.50 bits per heavy atom. The van der Waals surface area contributed by atoms with Gasteiger partial charge in [-0.05, 0) is 34.5 Å². The molecule has 0 aromatic heterocycles. The van der Waals surface area contributed by atoms with Gasteiger partial charge in [-0.15, -0.1) is 0 Å². The Hall–Kier alpha value is -0.660. The number of halogens is 3. The zero-order valence-corrected chi connectivity index (χ0v) is 12.5. The molecule has 0 saturated heterocycles. The van der Waals surface area contributed by atoms with E-state index >= 15 is 0 Å². The molecule has 1 N–H and O–H groups in total. The lowest BCUT2D eigenvalue weighted by molar-refractivity contribution is 0.0952. The van der Waals surface area contributed by atoms with Crippen LogP contribution >= 0.6 is 26.6 Å². The Morgan fingerprint density at radius 2 is 2.11 bits per heavy atom. The summed E-state index contributed by atoms with van der Waals surface area (Å²) in [5.41, 5.74) is 0.0177. The molecule has 0 saturated carbocycles. The fourth-order valence-corrected chi connectivity index (χ4v) is 2.62. The van der Waals surface area contributed by atoms with Gasteiger partial charge in [-0.2, -0.15) is 0 Å². The Kier molecular flexibility index (Phi) is 5.12. The molecule has 0 heterocycles. The normalized spacial score (nSPS) is 11.3. The maximum Gasteiger partial charge on any atom is 0.264 e. The number of carbonyl (C=O) groups excluding carboxylic acids is 1. The number of nitrogens with one attached hydrogen (secondary N) is 1. The van der Waals surface area contributed by atoms with Crippen molar-refractivity contribution in [2.24, 2.45) is 0 Å². The van der Waals surface area contributed by atoms with Crippen LogP contribution in [0.2, 0.25) is 0 Å². The first kappa shape index (κ1) is 15.4. The molecule has 0 aliphatic rings. The van der Waals surface area contributed by atoms with Crippen LogP contribution in [0.1, 0.15) is 23.7 Å². The number of hydrogen-bond acceptors (Lipinski definition) is 3. The lowest BCUT2D eigenvalue weighted by Crippen LogP contribution is -2.24. The highest BCUT2D eigenvalue weighted by Crippen LogP contribution is 2.26. The lowest BCUT2D eigenvalue weighted by Gasteiger charge is -2.08. The van der Waals surface area contributed by atoms with Gasteiger partial charge in [-0.1, -0.05) is 6.92 Å². The topological polar surface area (TPSA) is 63.2 Å². The molecule has 8 heteroatoms. The zero-order chi connectivity index (χ0) is 13.9. The second-order valence-corrected chi connectivity index (χ2v) is 6.84. The first-order valence-electron chi connectivity index (χ1n) is 4.99. The highest BCUT2D eigenvalue weighted by molar-refractivity contribution is 9.10. The van der Waals surface area contributed by atoms with Crippen molar-refractivity contribution < 1.29 is 17.6 Å². The van der Waals surface area contributed by atoms with Gasteiger partial charge in [0.2, 0.25) is 0 Å². The molecule has 1 aromatic carbocycles. The van der Waals surface area contributed by atoms with Crippen molar-refractivity contribution in [1.82, 2.24) is 5.32 Å². The fourth-order valence-electron chi connectivity index (χ4n) is 1.22. The SMILES string of the molecule is CCCNC(=O)c1cc(S(=O)(=O)Cl)c(F)cc1Br. The summed E-state index contributed by atoms with van der Waals surface area (Å²) in [5, 5.41) is 2.56. The summed E-state index contributed by atoms with van der Waals surface area (Å²) in [6, 6.07) is 1.81. The van der Waals surface area contributed by atoms with E-state index in [1.807, 2.05) is 6.92 Å². The van der Waals surface area contributed by atoms with Crippen molar-refractivity contribution in [3.8, 4) is 0 Å². The van der Waals surface area contributed by atoms with Crippen molar-refractivity contribution >= 4 is 41.6 Å². The van der Waals surface area contributed by atoms with E-state index < -0.39 is 25.7 Å². The molecule has 0 spiro atoms. The average Bonchev–Trinajstić information content (AvgIpc) is 2.24. The molecule has 18 heavy (non-hydrogen) atoms. The van der Waals surface area contributed by atoms with Crippen molar-refractivity contribution in [1.29, 1.82) is 0 Å². The van der Waals surface area contributed by atoms with Gasteiger partial charge in [0, 0.05) is 21.7 Å². The molecule has 1 rings (SSSR count). The van der Waals surface area contributed by atoms with E-state index in [4.69, 9.17) is 10.7 Å². The molecule has 1 amide bonds. The Morgan fingerprint density at radius 3 is 2.61 bits per heavy atom. The van der Waals surface area contributed by atoms with E-state index in [-0.39, 0.29) is 10.0 Å². The van der Waals surface area contributed by atoms with E-state index in [1.165, 1.54) is 0 Å². The Labute approximate surface area is 117 Å². The first-order valence-corrected chi connectivity index (χ1v) is 8.09. The van der Waals surface area contributed by atoms with Crippen molar-refractivity contribution in [2.75, 3.05) is 6.54 Å². The van der Waals surface area contributed by atoms with Crippen molar-refractivity contribution in [3.63, 3.8) is 0 Å². The molecule has 100 valence electrons. The second-order valence-electron chi connectivity index (χ2n) is 3.46. The van der Waals surface area contributed by atoms with Crippen LogP contribution in [0.5, 0.6) is 0 Å². The minimum Gasteiger partial charge on any atom is -0.352 e. The molecular weight excluding hydrogens is 349 g/mol. The van der Waals surface area contributed by atoms with Crippen LogP contribution in [0.4, 0.5) is 4.39 Å². The minimum absolute atomic E-state index is 0.0177. The van der Waals surface area contributed by atoms with Gasteiger partial charge in [-0.3, -0.25) is 4.79 Å². The molecule has 0 aliphatic carbocycles. The van der Waals surface area contributed by atoms with Crippen molar-refractivity contribution in [2.45, 2.75) is 18.2 Å². The summed E-state index contributed by atoms with van der Waals surface area (Å²) in [5.74, 6) is -1.51. The fraction of sp³-hybridized carbons (Fsp3) is 0.300. The maximum atomic E-state index is 13.4.